The molecule has 1 aromatic carbocycles. The Morgan fingerprint density at radius 2 is 2.03 bits per heavy atom. The number of hydrogen-bond donors (Lipinski definition) is 0. The van der Waals surface area contributed by atoms with Crippen molar-refractivity contribution in [2.45, 2.75) is 46.5 Å². The van der Waals surface area contributed by atoms with Crippen molar-refractivity contribution >= 4 is 23.1 Å². The molecule has 1 aromatic heterocycles. The molecular weight excluding hydrogens is 364 g/mol. The molecule has 2 aromatic rings. The lowest BCUT2D eigenvalue weighted by Gasteiger charge is -2.37. The van der Waals surface area contributed by atoms with Crippen molar-refractivity contribution in [1.29, 1.82) is 0 Å². The Labute approximate surface area is 179 Å². The second kappa shape index (κ2) is 7.40. The number of rotatable bonds is 2. The van der Waals surface area contributed by atoms with E-state index in [2.05, 4.69) is 82.3 Å². The Morgan fingerprint density at radius 1 is 1.17 bits per heavy atom. The number of aliphatic imine (C=N–C) groups is 1. The van der Waals surface area contributed by atoms with E-state index in [4.69, 9.17) is 9.98 Å². The summed E-state index contributed by atoms with van der Waals surface area (Å²) in [5.74, 6) is 1.66. The van der Waals surface area contributed by atoms with Gasteiger partial charge in [-0.2, -0.15) is 0 Å². The summed E-state index contributed by atoms with van der Waals surface area (Å²) in [5, 5.41) is 2.36. The van der Waals surface area contributed by atoms with Gasteiger partial charge in [-0.15, -0.1) is 0 Å². The number of allylic oxidation sites excluding steroid dienone is 4. The van der Waals surface area contributed by atoms with E-state index in [1.165, 1.54) is 27.6 Å². The third-order valence-electron chi connectivity index (χ3n) is 6.94. The van der Waals surface area contributed by atoms with Crippen LogP contribution in [-0.4, -0.2) is 10.7 Å². The van der Waals surface area contributed by atoms with Gasteiger partial charge >= 0.3 is 0 Å². The van der Waals surface area contributed by atoms with Gasteiger partial charge in [-0.3, -0.25) is 9.98 Å². The molecule has 0 bridgehead atoms. The minimum Gasteiger partial charge on any atom is -0.260 e. The second-order valence-electron chi connectivity index (χ2n) is 9.08. The average Bonchev–Trinajstić information content (AvgIpc) is 2.75. The molecule has 0 N–H and O–H groups in total. The lowest BCUT2D eigenvalue weighted by atomic mass is 9.70. The normalized spacial score (nSPS) is 27.3. The Balaban J connectivity index is 1.74. The van der Waals surface area contributed by atoms with Crippen molar-refractivity contribution in [1.82, 2.24) is 4.98 Å². The molecule has 0 spiro atoms. The van der Waals surface area contributed by atoms with Gasteiger partial charge in [-0.1, -0.05) is 56.4 Å². The minimum absolute atomic E-state index is 0.338. The smallest absolute Gasteiger partial charge is 0.0925 e. The molecule has 30 heavy (non-hydrogen) atoms. The van der Waals surface area contributed by atoms with E-state index >= 15 is 0 Å². The Hall–Kier alpha value is -2.92. The van der Waals surface area contributed by atoms with Gasteiger partial charge in [0.2, 0.25) is 0 Å². The summed E-state index contributed by atoms with van der Waals surface area (Å²) >= 11 is 0. The molecular formula is C28H28N2. The summed E-state index contributed by atoms with van der Waals surface area (Å²) in [7, 11) is 0. The maximum atomic E-state index is 5.14. The fraction of sp³-hybridized carbons (Fsp3) is 0.357. The van der Waals surface area contributed by atoms with Crippen LogP contribution in [0, 0.1) is 36.8 Å². The van der Waals surface area contributed by atoms with Crippen molar-refractivity contribution in [2.24, 2.45) is 22.7 Å². The van der Waals surface area contributed by atoms with E-state index in [-0.39, 0.29) is 0 Å². The van der Waals surface area contributed by atoms with Crippen LogP contribution in [0.25, 0.3) is 17.3 Å². The van der Waals surface area contributed by atoms with Crippen LogP contribution in [-0.2, 0) is 0 Å². The van der Waals surface area contributed by atoms with E-state index in [9.17, 15) is 0 Å². The first-order valence-corrected chi connectivity index (χ1v) is 11.1. The van der Waals surface area contributed by atoms with Gasteiger partial charge < -0.3 is 0 Å². The largest absolute Gasteiger partial charge is 0.260 e. The molecule has 2 aliphatic carbocycles. The quantitative estimate of drug-likeness (QED) is 0.722. The molecule has 0 fully saturated rings. The van der Waals surface area contributed by atoms with E-state index in [0.29, 0.717) is 23.7 Å². The standard InChI is InChI=1S/C28H28N2/c1-17-9-8-12-22(15-17)25-16-18(2)29-27-23(25)13-14-24-26(21-10-6-5-7-11-21)19(3)20(4)30-28(24)27/h5-6,8-10,12-13,16-17,19,24,26H,14-15H2,1-4H3. The molecule has 150 valence electrons. The zero-order chi connectivity index (χ0) is 20.8. The van der Waals surface area contributed by atoms with Crippen molar-refractivity contribution in [2.75, 3.05) is 0 Å². The molecule has 4 unspecified atom stereocenters. The van der Waals surface area contributed by atoms with Crippen molar-refractivity contribution in [3.8, 4) is 0 Å². The molecule has 0 amide bonds. The topological polar surface area (TPSA) is 25.2 Å². The highest BCUT2D eigenvalue weighted by molar-refractivity contribution is 5.91. The summed E-state index contributed by atoms with van der Waals surface area (Å²) in [6.07, 6.45) is 11.2. The summed E-state index contributed by atoms with van der Waals surface area (Å²) in [6, 6.07) is 15.0. The lowest BCUT2D eigenvalue weighted by Crippen LogP contribution is -2.42. The Bertz CT molecular complexity index is 1200. The van der Waals surface area contributed by atoms with Gasteiger partial charge in [-0.25, -0.2) is 0 Å². The van der Waals surface area contributed by atoms with Crippen LogP contribution in [0.1, 0.15) is 56.4 Å². The summed E-state index contributed by atoms with van der Waals surface area (Å²) in [6.45, 7) is 8.85. The van der Waals surface area contributed by atoms with Gasteiger partial charge in [0.05, 0.1) is 11.0 Å². The molecule has 0 saturated carbocycles. The highest BCUT2D eigenvalue weighted by Gasteiger charge is 2.37. The minimum atomic E-state index is 0.338. The third kappa shape index (κ3) is 3.14. The number of aromatic nitrogens is 1. The lowest BCUT2D eigenvalue weighted by molar-refractivity contribution is 0.439. The first-order valence-electron chi connectivity index (χ1n) is 11.1. The van der Waals surface area contributed by atoms with E-state index < -0.39 is 0 Å². The SMILES string of the molecule is CC1=NC2=c3nc(C)cc(C4=CC=CC(C)C4)c3=CCC2C(c2c#cccc2)C1C. The first-order chi connectivity index (χ1) is 14.5. The molecule has 3 aliphatic rings. The van der Waals surface area contributed by atoms with Crippen LogP contribution in [0.4, 0.5) is 0 Å². The fourth-order valence-electron chi connectivity index (χ4n) is 5.33. The van der Waals surface area contributed by atoms with Crippen LogP contribution in [0.3, 0.4) is 0 Å². The first kappa shape index (κ1) is 19.1. The number of nitrogens with zero attached hydrogens (tertiary/aromatic N) is 2. The molecule has 2 heteroatoms. The fourth-order valence-corrected chi connectivity index (χ4v) is 5.33. The zero-order valence-electron chi connectivity index (χ0n) is 18.2. The Morgan fingerprint density at radius 3 is 2.80 bits per heavy atom. The predicted octanol–water partition coefficient (Wildman–Crippen LogP) is 4.77. The molecule has 1 aliphatic heterocycles. The van der Waals surface area contributed by atoms with Crippen molar-refractivity contribution in [3.63, 3.8) is 0 Å². The van der Waals surface area contributed by atoms with Crippen LogP contribution in [0.5, 0.6) is 0 Å². The van der Waals surface area contributed by atoms with Crippen LogP contribution in [0.15, 0.2) is 47.5 Å². The van der Waals surface area contributed by atoms with Crippen LogP contribution >= 0.6 is 0 Å². The monoisotopic (exact) mass is 392 g/mol. The van der Waals surface area contributed by atoms with Crippen LogP contribution in [0.2, 0.25) is 0 Å². The molecule has 0 saturated heterocycles. The molecule has 5 rings (SSSR count). The summed E-state index contributed by atoms with van der Waals surface area (Å²) < 4.78 is 0. The molecule has 4 atom stereocenters. The number of hydrogen-bond acceptors (Lipinski definition) is 2. The van der Waals surface area contributed by atoms with Gasteiger partial charge in [0.1, 0.15) is 0 Å². The summed E-state index contributed by atoms with van der Waals surface area (Å²) in [4.78, 5) is 10.2. The second-order valence-corrected chi connectivity index (χ2v) is 9.08. The molecule has 2 heterocycles. The highest BCUT2D eigenvalue weighted by Crippen LogP contribution is 2.43. The average molecular weight is 393 g/mol. The maximum Gasteiger partial charge on any atom is 0.0925 e. The number of fused-ring (bicyclic) bond motifs is 2. The predicted molar refractivity (Wildman–Crippen MR) is 124 cm³/mol. The van der Waals surface area contributed by atoms with Crippen LogP contribution < -0.4 is 10.6 Å². The van der Waals surface area contributed by atoms with E-state index in [1.54, 1.807) is 0 Å². The molecule has 2 nitrogen and oxygen atoms in total. The van der Waals surface area contributed by atoms with Gasteiger partial charge in [-0.05, 0) is 61.9 Å². The Kier molecular flexibility index (Phi) is 4.70. The van der Waals surface area contributed by atoms with Gasteiger partial charge in [0, 0.05) is 39.9 Å². The van der Waals surface area contributed by atoms with Crippen molar-refractivity contribution < 1.29 is 0 Å². The highest BCUT2D eigenvalue weighted by atomic mass is 14.8. The molecule has 0 radical (unpaired) electrons. The number of aryl methyl sites for hydroxylation is 1. The summed E-state index contributed by atoms with van der Waals surface area (Å²) in [5.41, 5.74) is 7.40. The van der Waals surface area contributed by atoms with Gasteiger partial charge in [0.25, 0.3) is 0 Å². The third-order valence-corrected chi connectivity index (χ3v) is 6.94. The van der Waals surface area contributed by atoms with E-state index in [0.717, 1.165) is 29.6 Å². The maximum absolute atomic E-state index is 5.14. The zero-order valence-corrected chi connectivity index (χ0v) is 18.2. The van der Waals surface area contributed by atoms with Gasteiger partial charge in [0.15, 0.2) is 0 Å². The van der Waals surface area contributed by atoms with E-state index in [1.807, 2.05) is 6.07 Å². The van der Waals surface area contributed by atoms with Crippen molar-refractivity contribution in [3.05, 3.63) is 82.0 Å². The number of pyridine rings is 1.